The molecule has 6 nitrogen and oxygen atoms in total. The molecule has 0 bridgehead atoms. The van der Waals surface area contributed by atoms with Gasteiger partial charge in [-0.15, -0.1) is 0 Å². The number of fused-ring (bicyclic) bond motifs is 1. The third kappa shape index (κ3) is 2.75. The quantitative estimate of drug-likeness (QED) is 0.546. The first-order valence-corrected chi connectivity index (χ1v) is 7.32. The summed E-state index contributed by atoms with van der Waals surface area (Å²) in [7, 11) is 0. The number of amides is 1. The van der Waals surface area contributed by atoms with Crippen LogP contribution in [0.4, 0.5) is 11.4 Å². The Morgan fingerprint density at radius 3 is 2.42 bits per heavy atom. The van der Waals surface area contributed by atoms with Gasteiger partial charge in [-0.05, 0) is 12.1 Å². The zero-order valence-corrected chi connectivity index (χ0v) is 12.9. The van der Waals surface area contributed by atoms with Crippen LogP contribution in [-0.4, -0.2) is 15.9 Å². The average Bonchev–Trinajstić information content (AvgIpc) is 2.58. The Morgan fingerprint density at radius 2 is 1.71 bits per heavy atom. The predicted octanol–water partition coefficient (Wildman–Crippen LogP) is 4.36. The van der Waals surface area contributed by atoms with Crippen LogP contribution in [0, 0.1) is 10.1 Å². The lowest BCUT2D eigenvalue weighted by Crippen LogP contribution is -2.13. The highest BCUT2D eigenvalue weighted by Gasteiger charge is 2.20. The van der Waals surface area contributed by atoms with E-state index in [4.69, 9.17) is 11.6 Å². The van der Waals surface area contributed by atoms with E-state index in [2.05, 4.69) is 5.32 Å². The van der Waals surface area contributed by atoms with Crippen LogP contribution in [0.25, 0.3) is 10.8 Å². The molecule has 0 saturated heterocycles. The van der Waals surface area contributed by atoms with Gasteiger partial charge in [0.2, 0.25) is 0 Å². The molecule has 0 saturated carbocycles. The van der Waals surface area contributed by atoms with Crippen molar-refractivity contribution in [3.63, 3.8) is 0 Å². The van der Waals surface area contributed by atoms with Gasteiger partial charge in [0.1, 0.15) is 11.4 Å². The fourth-order valence-corrected chi connectivity index (χ4v) is 2.69. The molecule has 3 rings (SSSR count). The molecule has 0 radical (unpaired) electrons. The molecule has 0 fully saturated rings. The van der Waals surface area contributed by atoms with E-state index in [1.54, 1.807) is 30.3 Å². The maximum atomic E-state index is 12.5. The molecule has 2 N–H and O–H groups in total. The van der Waals surface area contributed by atoms with Gasteiger partial charge in [0.25, 0.3) is 11.6 Å². The first kappa shape index (κ1) is 15.8. The van der Waals surface area contributed by atoms with Crippen LogP contribution in [0.3, 0.4) is 0 Å². The van der Waals surface area contributed by atoms with Gasteiger partial charge in [-0.2, -0.15) is 0 Å². The Kier molecular flexibility index (Phi) is 4.05. The number of nitro benzene ring substituents is 1. The summed E-state index contributed by atoms with van der Waals surface area (Å²) in [5.74, 6) is -0.916. The summed E-state index contributed by atoms with van der Waals surface area (Å²) in [5, 5.41) is 25.1. The van der Waals surface area contributed by atoms with Crippen LogP contribution in [-0.2, 0) is 0 Å². The number of rotatable bonds is 3. The number of hydrogen-bond acceptors (Lipinski definition) is 4. The van der Waals surface area contributed by atoms with Gasteiger partial charge < -0.3 is 10.4 Å². The first-order chi connectivity index (χ1) is 11.5. The minimum absolute atomic E-state index is 0.0381. The van der Waals surface area contributed by atoms with E-state index in [1.165, 1.54) is 24.3 Å². The summed E-state index contributed by atoms with van der Waals surface area (Å²) < 4.78 is 0. The Morgan fingerprint density at radius 1 is 1.08 bits per heavy atom. The Bertz CT molecular complexity index is 972. The highest BCUT2D eigenvalue weighted by Crippen LogP contribution is 2.35. The summed E-state index contributed by atoms with van der Waals surface area (Å²) in [6.07, 6.45) is 0. The van der Waals surface area contributed by atoms with Gasteiger partial charge in [-0.3, -0.25) is 14.9 Å². The van der Waals surface area contributed by atoms with Gasteiger partial charge in [0.15, 0.2) is 0 Å². The zero-order chi connectivity index (χ0) is 17.3. The molecule has 0 atom stereocenters. The maximum Gasteiger partial charge on any atom is 0.292 e. The maximum absolute atomic E-state index is 12.5. The SMILES string of the molecule is O=C(Nc1ccccc1[N+](=O)[O-])c1cc(Cl)c2ccccc2c1O. The lowest BCUT2D eigenvalue weighted by Gasteiger charge is -2.10. The van der Waals surface area contributed by atoms with Crippen molar-refractivity contribution >= 4 is 39.7 Å². The van der Waals surface area contributed by atoms with Crippen LogP contribution in [0.15, 0.2) is 54.6 Å². The van der Waals surface area contributed by atoms with Crippen molar-refractivity contribution in [2.45, 2.75) is 0 Å². The van der Waals surface area contributed by atoms with Crippen LogP contribution in [0.1, 0.15) is 10.4 Å². The number of carbonyl (C=O) groups is 1. The molecule has 3 aromatic carbocycles. The summed E-state index contributed by atoms with van der Waals surface area (Å²) >= 11 is 6.16. The molecule has 120 valence electrons. The van der Waals surface area contributed by atoms with Crippen molar-refractivity contribution in [2.24, 2.45) is 0 Å². The van der Waals surface area contributed by atoms with E-state index in [1.807, 2.05) is 0 Å². The fourth-order valence-electron chi connectivity index (χ4n) is 2.42. The number of benzene rings is 3. The smallest absolute Gasteiger partial charge is 0.292 e. The third-order valence-electron chi connectivity index (χ3n) is 3.56. The molecule has 0 aliphatic carbocycles. The molecule has 0 aliphatic rings. The summed E-state index contributed by atoms with van der Waals surface area (Å²) in [5.41, 5.74) is -0.259. The summed E-state index contributed by atoms with van der Waals surface area (Å²) in [4.78, 5) is 22.9. The van der Waals surface area contributed by atoms with Crippen LogP contribution in [0.5, 0.6) is 5.75 Å². The van der Waals surface area contributed by atoms with Crippen molar-refractivity contribution in [1.82, 2.24) is 0 Å². The van der Waals surface area contributed by atoms with Crippen LogP contribution < -0.4 is 5.32 Å². The summed E-state index contributed by atoms with van der Waals surface area (Å²) in [6, 6.07) is 13.9. The number of halogens is 1. The highest BCUT2D eigenvalue weighted by molar-refractivity contribution is 6.36. The van der Waals surface area contributed by atoms with Crippen molar-refractivity contribution in [3.8, 4) is 5.75 Å². The van der Waals surface area contributed by atoms with E-state index in [0.29, 0.717) is 15.8 Å². The molecular weight excluding hydrogens is 332 g/mol. The molecule has 0 unspecified atom stereocenters. The molecule has 24 heavy (non-hydrogen) atoms. The highest BCUT2D eigenvalue weighted by atomic mass is 35.5. The number of nitrogens with one attached hydrogen (secondary N) is 1. The van der Waals surface area contributed by atoms with Crippen molar-refractivity contribution in [1.29, 1.82) is 0 Å². The monoisotopic (exact) mass is 342 g/mol. The van der Waals surface area contributed by atoms with Crippen LogP contribution in [0.2, 0.25) is 5.02 Å². The average molecular weight is 343 g/mol. The predicted molar refractivity (Wildman–Crippen MR) is 91.7 cm³/mol. The number of nitrogens with zero attached hydrogens (tertiary/aromatic N) is 1. The number of anilines is 1. The third-order valence-corrected chi connectivity index (χ3v) is 3.87. The molecule has 0 aliphatic heterocycles. The largest absolute Gasteiger partial charge is 0.506 e. The molecule has 7 heteroatoms. The van der Waals surface area contributed by atoms with Crippen molar-refractivity contribution in [3.05, 3.63) is 75.3 Å². The van der Waals surface area contributed by atoms with Crippen molar-refractivity contribution in [2.75, 3.05) is 5.32 Å². The van der Waals surface area contributed by atoms with Gasteiger partial charge in [-0.1, -0.05) is 48.0 Å². The number of carbonyl (C=O) groups excluding carboxylic acids is 1. The second-order valence-electron chi connectivity index (χ2n) is 5.03. The first-order valence-electron chi connectivity index (χ1n) is 6.94. The van der Waals surface area contributed by atoms with E-state index in [0.717, 1.165) is 0 Å². The van der Waals surface area contributed by atoms with Gasteiger partial charge >= 0.3 is 0 Å². The molecule has 3 aromatic rings. The fraction of sp³-hybridized carbons (Fsp3) is 0. The number of aromatic hydroxyl groups is 1. The minimum atomic E-state index is -0.686. The molecule has 0 heterocycles. The Labute approximate surface area is 141 Å². The standard InChI is InChI=1S/C17H11ClN2O4/c18-13-9-12(16(21)11-6-2-1-5-10(11)13)17(22)19-14-7-3-4-8-15(14)20(23)24/h1-9,21H,(H,19,22). The molecule has 1 amide bonds. The number of para-hydroxylation sites is 2. The van der Waals surface area contributed by atoms with Gasteiger partial charge in [-0.25, -0.2) is 0 Å². The topological polar surface area (TPSA) is 92.5 Å². The second kappa shape index (κ2) is 6.17. The van der Waals surface area contributed by atoms with E-state index in [9.17, 15) is 20.0 Å². The van der Waals surface area contributed by atoms with E-state index in [-0.39, 0.29) is 22.7 Å². The lowest BCUT2D eigenvalue weighted by molar-refractivity contribution is -0.383. The van der Waals surface area contributed by atoms with Gasteiger partial charge in [0, 0.05) is 21.9 Å². The Hall–Kier alpha value is -3.12. The number of nitro groups is 1. The molecular formula is C17H11ClN2O4. The normalized spacial score (nSPS) is 10.5. The molecule has 0 aromatic heterocycles. The zero-order valence-electron chi connectivity index (χ0n) is 12.2. The number of phenols is 1. The number of phenolic OH excluding ortho intramolecular Hbond substituents is 1. The van der Waals surface area contributed by atoms with Crippen LogP contribution >= 0.6 is 11.6 Å². The Balaban J connectivity index is 2.04. The van der Waals surface area contributed by atoms with E-state index < -0.39 is 10.8 Å². The van der Waals surface area contributed by atoms with Crippen molar-refractivity contribution < 1.29 is 14.8 Å². The molecule has 0 spiro atoms. The van der Waals surface area contributed by atoms with Gasteiger partial charge in [0.05, 0.1) is 10.5 Å². The number of hydrogen-bond donors (Lipinski definition) is 2. The lowest BCUT2D eigenvalue weighted by atomic mass is 10.0. The second-order valence-corrected chi connectivity index (χ2v) is 5.44. The summed E-state index contributed by atoms with van der Waals surface area (Å²) in [6.45, 7) is 0. The minimum Gasteiger partial charge on any atom is -0.506 e. The van der Waals surface area contributed by atoms with E-state index >= 15 is 0 Å².